The molecule has 1 N–H and O–H groups in total. The third-order valence-corrected chi connectivity index (χ3v) is 5.42. The van der Waals surface area contributed by atoms with Gasteiger partial charge in [-0.25, -0.2) is 9.59 Å². The van der Waals surface area contributed by atoms with E-state index in [4.69, 9.17) is 5.11 Å². The molecule has 0 bridgehead atoms. The summed E-state index contributed by atoms with van der Waals surface area (Å²) in [6.07, 6.45) is 0. The number of thioether (sulfide) groups is 2. The molecule has 7 heteroatoms. The van der Waals surface area contributed by atoms with Gasteiger partial charge in [0.2, 0.25) is 0 Å². The Morgan fingerprint density at radius 1 is 1.39 bits per heavy atom. The number of hydrogen-bond donors (Lipinski definition) is 1. The summed E-state index contributed by atoms with van der Waals surface area (Å²) < 4.78 is 0.0551. The molecular formula is C11H18N2O3S2. The van der Waals surface area contributed by atoms with E-state index in [1.807, 2.05) is 11.8 Å². The van der Waals surface area contributed by atoms with Crippen LogP contribution in [0.1, 0.15) is 13.8 Å². The van der Waals surface area contributed by atoms with Gasteiger partial charge < -0.3 is 14.9 Å². The second-order valence-electron chi connectivity index (χ2n) is 5.14. The van der Waals surface area contributed by atoms with Gasteiger partial charge in [-0.05, 0) is 13.8 Å². The van der Waals surface area contributed by atoms with E-state index in [-0.39, 0.29) is 10.8 Å². The number of amides is 2. The zero-order chi connectivity index (χ0) is 13.3. The van der Waals surface area contributed by atoms with Crippen molar-refractivity contribution >= 4 is 35.5 Å². The summed E-state index contributed by atoms with van der Waals surface area (Å²) in [4.78, 5) is 26.7. The fraction of sp³-hybridized carbons (Fsp3) is 0.818. The smallest absolute Gasteiger partial charge is 0.327 e. The molecule has 0 aliphatic carbocycles. The molecule has 2 amide bonds. The highest BCUT2D eigenvalue weighted by atomic mass is 32.2. The van der Waals surface area contributed by atoms with Crippen molar-refractivity contribution in [3.63, 3.8) is 0 Å². The summed E-state index contributed by atoms with van der Waals surface area (Å²) in [6, 6.07) is -0.791. The standard InChI is InChI=1S/C11H18N2O3S2/c1-11(2)6-12(3-4-18-11)10(16)13-7-17-5-8(13)9(14)15/h8H,3-7H2,1-2H3,(H,14,15). The van der Waals surface area contributed by atoms with Gasteiger partial charge in [-0.3, -0.25) is 0 Å². The molecule has 2 rings (SSSR count). The molecule has 2 aliphatic rings. The van der Waals surface area contributed by atoms with Crippen molar-refractivity contribution in [3.8, 4) is 0 Å². The van der Waals surface area contributed by atoms with E-state index in [0.717, 1.165) is 5.75 Å². The van der Waals surface area contributed by atoms with Gasteiger partial charge in [0.1, 0.15) is 6.04 Å². The second kappa shape index (κ2) is 5.21. The van der Waals surface area contributed by atoms with Crippen molar-refractivity contribution in [2.75, 3.05) is 30.5 Å². The number of carbonyl (C=O) groups is 2. The van der Waals surface area contributed by atoms with E-state index in [0.29, 0.717) is 24.7 Å². The van der Waals surface area contributed by atoms with Crippen LogP contribution in [-0.2, 0) is 4.79 Å². The molecule has 0 radical (unpaired) electrons. The van der Waals surface area contributed by atoms with Crippen molar-refractivity contribution in [1.29, 1.82) is 0 Å². The molecule has 1 atom stereocenters. The van der Waals surface area contributed by atoms with Crippen molar-refractivity contribution in [2.24, 2.45) is 0 Å². The first kappa shape index (κ1) is 13.9. The molecule has 18 heavy (non-hydrogen) atoms. The first-order chi connectivity index (χ1) is 8.41. The highest BCUT2D eigenvalue weighted by Gasteiger charge is 2.39. The van der Waals surface area contributed by atoms with E-state index in [9.17, 15) is 9.59 Å². The predicted octanol–water partition coefficient (Wildman–Crippen LogP) is 1.39. The third kappa shape index (κ3) is 2.88. The summed E-state index contributed by atoms with van der Waals surface area (Å²) in [5, 5.41) is 9.10. The Bertz CT molecular complexity index is 362. The molecule has 0 saturated carbocycles. The number of aliphatic carboxylic acids is 1. The van der Waals surface area contributed by atoms with Crippen molar-refractivity contribution < 1.29 is 14.7 Å². The Labute approximate surface area is 115 Å². The fourth-order valence-electron chi connectivity index (χ4n) is 2.20. The third-order valence-electron chi connectivity index (χ3n) is 3.11. The Hall–Kier alpha value is -0.560. The van der Waals surface area contributed by atoms with Crippen LogP contribution in [0.25, 0.3) is 0 Å². The maximum atomic E-state index is 12.4. The fourth-order valence-corrected chi connectivity index (χ4v) is 4.45. The van der Waals surface area contributed by atoms with Crippen LogP contribution in [0, 0.1) is 0 Å². The van der Waals surface area contributed by atoms with Gasteiger partial charge in [0.05, 0.1) is 5.88 Å². The number of carboxylic acids is 1. The molecule has 2 aliphatic heterocycles. The molecule has 0 aromatic rings. The number of rotatable bonds is 1. The SMILES string of the molecule is CC1(C)CN(C(=O)N2CSCC2C(=O)O)CCS1. The molecule has 2 heterocycles. The van der Waals surface area contributed by atoms with Gasteiger partial charge in [0.25, 0.3) is 0 Å². The van der Waals surface area contributed by atoms with Gasteiger partial charge in [-0.2, -0.15) is 11.8 Å². The van der Waals surface area contributed by atoms with Crippen LogP contribution in [0.2, 0.25) is 0 Å². The van der Waals surface area contributed by atoms with E-state index >= 15 is 0 Å². The van der Waals surface area contributed by atoms with Crippen molar-refractivity contribution in [3.05, 3.63) is 0 Å². The van der Waals surface area contributed by atoms with Crippen LogP contribution >= 0.6 is 23.5 Å². The number of carbonyl (C=O) groups excluding carboxylic acids is 1. The number of urea groups is 1. The Balaban J connectivity index is 2.04. The van der Waals surface area contributed by atoms with Gasteiger partial charge in [0.15, 0.2) is 0 Å². The molecule has 0 aromatic carbocycles. The first-order valence-corrected chi connectivity index (χ1v) is 8.05. The van der Waals surface area contributed by atoms with Gasteiger partial charge >= 0.3 is 12.0 Å². The van der Waals surface area contributed by atoms with E-state index < -0.39 is 12.0 Å². The lowest BCUT2D eigenvalue weighted by molar-refractivity contribution is -0.140. The molecular weight excluding hydrogens is 272 g/mol. The summed E-state index contributed by atoms with van der Waals surface area (Å²) >= 11 is 3.36. The molecule has 2 fully saturated rings. The zero-order valence-electron chi connectivity index (χ0n) is 10.6. The predicted molar refractivity (Wildman–Crippen MR) is 74.1 cm³/mol. The summed E-state index contributed by atoms with van der Waals surface area (Å²) in [6.45, 7) is 5.62. The van der Waals surface area contributed by atoms with Gasteiger partial charge in [0, 0.05) is 29.3 Å². The minimum Gasteiger partial charge on any atom is -0.480 e. The minimum atomic E-state index is -0.904. The molecule has 0 spiro atoms. The van der Waals surface area contributed by atoms with Crippen LogP contribution in [-0.4, -0.2) is 68.2 Å². The van der Waals surface area contributed by atoms with Crippen LogP contribution in [0.5, 0.6) is 0 Å². The van der Waals surface area contributed by atoms with E-state index in [1.165, 1.54) is 16.7 Å². The Kier molecular flexibility index (Phi) is 4.01. The minimum absolute atomic E-state index is 0.0551. The monoisotopic (exact) mass is 290 g/mol. The molecule has 5 nitrogen and oxygen atoms in total. The summed E-state index contributed by atoms with van der Waals surface area (Å²) in [5.74, 6) is 0.990. The van der Waals surface area contributed by atoms with Gasteiger partial charge in [-0.15, -0.1) is 11.8 Å². The van der Waals surface area contributed by atoms with Crippen LogP contribution in [0.3, 0.4) is 0 Å². The highest BCUT2D eigenvalue weighted by Crippen LogP contribution is 2.31. The van der Waals surface area contributed by atoms with Crippen LogP contribution in [0.4, 0.5) is 4.79 Å². The lowest BCUT2D eigenvalue weighted by atomic mass is 10.2. The lowest BCUT2D eigenvalue weighted by Gasteiger charge is -2.39. The Morgan fingerprint density at radius 3 is 2.72 bits per heavy atom. The molecule has 0 aromatic heterocycles. The highest BCUT2D eigenvalue weighted by molar-refractivity contribution is 8.00. The zero-order valence-corrected chi connectivity index (χ0v) is 12.2. The van der Waals surface area contributed by atoms with Gasteiger partial charge in [-0.1, -0.05) is 0 Å². The molecule has 102 valence electrons. The van der Waals surface area contributed by atoms with E-state index in [2.05, 4.69) is 13.8 Å². The lowest BCUT2D eigenvalue weighted by Crippen LogP contribution is -2.54. The van der Waals surface area contributed by atoms with Crippen LogP contribution in [0.15, 0.2) is 0 Å². The largest absolute Gasteiger partial charge is 0.480 e. The average molecular weight is 290 g/mol. The summed E-state index contributed by atoms with van der Waals surface area (Å²) in [7, 11) is 0. The Morgan fingerprint density at radius 2 is 2.11 bits per heavy atom. The first-order valence-electron chi connectivity index (χ1n) is 5.91. The van der Waals surface area contributed by atoms with Crippen LogP contribution < -0.4 is 0 Å². The van der Waals surface area contributed by atoms with Crippen molar-refractivity contribution in [2.45, 2.75) is 24.6 Å². The maximum absolute atomic E-state index is 12.4. The maximum Gasteiger partial charge on any atom is 0.327 e. The number of carboxylic acid groups (broad SMARTS) is 1. The number of hydrogen-bond acceptors (Lipinski definition) is 4. The quantitative estimate of drug-likeness (QED) is 0.791. The normalized spacial score (nSPS) is 27.3. The summed E-state index contributed by atoms with van der Waals surface area (Å²) in [5.41, 5.74) is 0. The molecule has 2 saturated heterocycles. The topological polar surface area (TPSA) is 60.9 Å². The van der Waals surface area contributed by atoms with E-state index in [1.54, 1.807) is 4.90 Å². The average Bonchev–Trinajstić information content (AvgIpc) is 2.75. The second-order valence-corrected chi connectivity index (χ2v) is 7.94. The molecule has 1 unspecified atom stereocenters. The number of nitrogens with zero attached hydrogens (tertiary/aromatic N) is 2. The van der Waals surface area contributed by atoms with Crippen molar-refractivity contribution in [1.82, 2.24) is 9.80 Å².